The summed E-state index contributed by atoms with van der Waals surface area (Å²) in [6.45, 7) is 11.2. The van der Waals surface area contributed by atoms with E-state index in [1.807, 2.05) is 0 Å². The van der Waals surface area contributed by atoms with Crippen LogP contribution in [0.25, 0.3) is 0 Å². The number of nitrogen functional groups attached to an aromatic ring is 1. The smallest absolute Gasteiger partial charge is 0.192 e. The molecule has 2 nitrogen and oxygen atoms in total. The zero-order chi connectivity index (χ0) is 14.1. The molecular weight excluding hydrogens is 313 g/mol. The zero-order valence-electron chi connectivity index (χ0n) is 11.6. The second-order valence-corrected chi connectivity index (χ2v) is 11.6. The first-order chi connectivity index (χ1) is 8.06. The molecule has 0 radical (unpaired) electrons. The van der Waals surface area contributed by atoms with E-state index in [0.29, 0.717) is 12.2 Å². The van der Waals surface area contributed by atoms with E-state index < -0.39 is 14.1 Å². The van der Waals surface area contributed by atoms with Crippen molar-refractivity contribution in [2.75, 3.05) is 5.73 Å². The Morgan fingerprint density at radius 3 is 2.39 bits per heavy atom. The fraction of sp³-hybridized carbons (Fsp3) is 0.538. The van der Waals surface area contributed by atoms with E-state index in [9.17, 15) is 4.39 Å². The van der Waals surface area contributed by atoms with Crippen LogP contribution in [0.2, 0.25) is 18.1 Å². The summed E-state index contributed by atoms with van der Waals surface area (Å²) in [4.78, 5) is 0. The fourth-order valence-electron chi connectivity index (χ4n) is 1.23. The molecule has 0 saturated carbocycles. The van der Waals surface area contributed by atoms with E-state index in [4.69, 9.17) is 10.2 Å². The summed E-state index contributed by atoms with van der Waals surface area (Å²) in [6.07, 6.45) is 0. The number of anilines is 1. The van der Waals surface area contributed by atoms with Crippen LogP contribution in [0.15, 0.2) is 16.6 Å². The molecule has 102 valence electrons. The number of halogens is 2. The highest BCUT2D eigenvalue weighted by molar-refractivity contribution is 9.10. The topological polar surface area (TPSA) is 35.2 Å². The molecule has 5 heteroatoms. The lowest BCUT2D eigenvalue weighted by Gasteiger charge is -2.36. The Kier molecular flexibility index (Phi) is 4.62. The van der Waals surface area contributed by atoms with E-state index in [-0.39, 0.29) is 10.7 Å². The van der Waals surface area contributed by atoms with Crippen LogP contribution < -0.4 is 5.73 Å². The van der Waals surface area contributed by atoms with Crippen LogP contribution >= 0.6 is 15.9 Å². The van der Waals surface area contributed by atoms with E-state index >= 15 is 0 Å². The number of hydrogen-bond donors (Lipinski definition) is 1. The molecule has 0 bridgehead atoms. The van der Waals surface area contributed by atoms with Gasteiger partial charge in [0.1, 0.15) is 5.82 Å². The second-order valence-electron chi connectivity index (χ2n) is 5.97. The minimum Gasteiger partial charge on any atom is -0.412 e. The van der Waals surface area contributed by atoms with Gasteiger partial charge < -0.3 is 10.2 Å². The summed E-state index contributed by atoms with van der Waals surface area (Å²) in [5.74, 6) is -0.396. The van der Waals surface area contributed by atoms with Crippen molar-refractivity contribution in [1.82, 2.24) is 0 Å². The molecule has 1 aromatic carbocycles. The molecule has 0 atom stereocenters. The standard InChI is InChI=1S/C13H21BrFNOSi/c1-13(2,3)18(4,5)17-8-9-10(14)6-7-11(15)12(9)16/h6-7H,8,16H2,1-5H3. The van der Waals surface area contributed by atoms with E-state index in [1.165, 1.54) is 6.07 Å². The molecule has 0 fully saturated rings. The van der Waals surface area contributed by atoms with Crippen molar-refractivity contribution in [3.05, 3.63) is 28.0 Å². The van der Waals surface area contributed by atoms with Gasteiger partial charge in [0.15, 0.2) is 8.32 Å². The van der Waals surface area contributed by atoms with E-state index in [0.717, 1.165) is 4.47 Å². The highest BCUT2D eigenvalue weighted by Gasteiger charge is 2.37. The molecule has 0 aliphatic heterocycles. The zero-order valence-corrected chi connectivity index (χ0v) is 14.2. The summed E-state index contributed by atoms with van der Waals surface area (Å²) in [7, 11) is -1.85. The van der Waals surface area contributed by atoms with Crippen LogP contribution in [0.5, 0.6) is 0 Å². The lowest BCUT2D eigenvalue weighted by molar-refractivity contribution is 0.276. The van der Waals surface area contributed by atoms with Crippen molar-refractivity contribution in [3.8, 4) is 0 Å². The highest BCUT2D eigenvalue weighted by atomic mass is 79.9. The van der Waals surface area contributed by atoms with Gasteiger partial charge in [0, 0.05) is 10.0 Å². The molecule has 1 rings (SSSR count). The van der Waals surface area contributed by atoms with Gasteiger partial charge in [-0.1, -0.05) is 36.7 Å². The molecule has 0 aliphatic rings. The molecule has 0 aromatic heterocycles. The number of benzene rings is 1. The predicted octanol–water partition coefficient (Wildman–Crippen LogP) is 4.69. The SMILES string of the molecule is CC(C)(C)[Si](C)(C)OCc1c(Br)ccc(F)c1N. The van der Waals surface area contributed by atoms with Crippen molar-refractivity contribution in [2.45, 2.75) is 45.5 Å². The van der Waals surface area contributed by atoms with E-state index in [1.54, 1.807) is 6.07 Å². The van der Waals surface area contributed by atoms with Crippen LogP contribution in [-0.2, 0) is 11.0 Å². The summed E-state index contributed by atoms with van der Waals surface area (Å²) in [5, 5.41) is 0.127. The lowest BCUT2D eigenvalue weighted by atomic mass is 10.2. The van der Waals surface area contributed by atoms with Crippen LogP contribution in [-0.4, -0.2) is 8.32 Å². The third-order valence-electron chi connectivity index (χ3n) is 3.63. The van der Waals surface area contributed by atoms with Gasteiger partial charge in [-0.05, 0) is 30.3 Å². The summed E-state index contributed by atoms with van der Waals surface area (Å²) in [6, 6.07) is 3.02. The lowest BCUT2D eigenvalue weighted by Crippen LogP contribution is -2.40. The maximum absolute atomic E-state index is 13.4. The van der Waals surface area contributed by atoms with Crippen LogP contribution in [0.1, 0.15) is 26.3 Å². The first-order valence-electron chi connectivity index (χ1n) is 5.92. The molecule has 0 amide bonds. The third kappa shape index (κ3) is 3.33. The second kappa shape index (κ2) is 5.31. The van der Waals surface area contributed by atoms with Gasteiger partial charge >= 0.3 is 0 Å². The monoisotopic (exact) mass is 333 g/mol. The third-order valence-corrected chi connectivity index (χ3v) is 8.85. The summed E-state index contributed by atoms with van der Waals surface area (Å²) in [5.41, 5.74) is 6.62. The highest BCUT2D eigenvalue weighted by Crippen LogP contribution is 2.38. The molecule has 18 heavy (non-hydrogen) atoms. The normalized spacial score (nSPS) is 12.8. The van der Waals surface area contributed by atoms with Gasteiger partial charge in [0.2, 0.25) is 0 Å². The van der Waals surface area contributed by atoms with Crippen molar-refractivity contribution in [2.24, 2.45) is 0 Å². The quantitative estimate of drug-likeness (QED) is 0.643. The molecular formula is C13H21BrFNOSi. The predicted molar refractivity (Wildman–Crippen MR) is 80.5 cm³/mol. The van der Waals surface area contributed by atoms with Crippen LogP contribution in [0, 0.1) is 5.82 Å². The Bertz CT molecular complexity index is 443. The Balaban J connectivity index is 2.91. The Morgan fingerprint density at radius 2 is 1.89 bits per heavy atom. The summed E-state index contributed by atoms with van der Waals surface area (Å²) >= 11 is 3.39. The Morgan fingerprint density at radius 1 is 1.33 bits per heavy atom. The van der Waals surface area contributed by atoms with Gasteiger partial charge in [0.05, 0.1) is 12.3 Å². The van der Waals surface area contributed by atoms with Gasteiger partial charge in [-0.3, -0.25) is 0 Å². The first-order valence-corrected chi connectivity index (χ1v) is 9.62. The Labute approximate surface area is 118 Å². The average Bonchev–Trinajstić information content (AvgIpc) is 2.22. The van der Waals surface area contributed by atoms with Gasteiger partial charge in [0.25, 0.3) is 0 Å². The van der Waals surface area contributed by atoms with Crippen LogP contribution in [0.3, 0.4) is 0 Å². The minimum atomic E-state index is -1.85. The van der Waals surface area contributed by atoms with Crippen molar-refractivity contribution < 1.29 is 8.82 Å². The number of rotatable bonds is 3. The van der Waals surface area contributed by atoms with Gasteiger partial charge in [-0.15, -0.1) is 0 Å². The maximum Gasteiger partial charge on any atom is 0.192 e. The summed E-state index contributed by atoms with van der Waals surface area (Å²) < 4.78 is 20.3. The molecule has 0 saturated heterocycles. The van der Waals surface area contributed by atoms with Crippen molar-refractivity contribution >= 4 is 29.9 Å². The van der Waals surface area contributed by atoms with Gasteiger partial charge in [-0.2, -0.15) is 0 Å². The number of hydrogen-bond acceptors (Lipinski definition) is 2. The molecule has 0 spiro atoms. The molecule has 0 heterocycles. The van der Waals surface area contributed by atoms with Crippen molar-refractivity contribution in [1.29, 1.82) is 0 Å². The number of nitrogens with two attached hydrogens (primary N) is 1. The average molecular weight is 334 g/mol. The maximum atomic E-state index is 13.4. The fourth-order valence-corrected chi connectivity index (χ4v) is 2.62. The van der Waals surface area contributed by atoms with Crippen molar-refractivity contribution in [3.63, 3.8) is 0 Å². The molecule has 2 N–H and O–H groups in total. The Hall–Kier alpha value is -0.393. The molecule has 0 aliphatic carbocycles. The van der Waals surface area contributed by atoms with E-state index in [2.05, 4.69) is 49.8 Å². The van der Waals surface area contributed by atoms with Crippen LogP contribution in [0.4, 0.5) is 10.1 Å². The molecule has 1 aromatic rings. The largest absolute Gasteiger partial charge is 0.412 e. The minimum absolute atomic E-state index is 0.127. The molecule has 0 unspecified atom stereocenters. The first kappa shape index (κ1) is 15.7. The van der Waals surface area contributed by atoms with Gasteiger partial charge in [-0.25, -0.2) is 4.39 Å².